The van der Waals surface area contributed by atoms with Crippen LogP contribution in [0.4, 0.5) is 0 Å². The number of ether oxygens (including phenoxy) is 1. The summed E-state index contributed by atoms with van der Waals surface area (Å²) in [5.41, 5.74) is 5.22. The topological polar surface area (TPSA) is 93.5 Å². The Labute approximate surface area is 322 Å². The second kappa shape index (κ2) is 15.6. The largest absolute Gasteiger partial charge is 0.448 e. The van der Waals surface area contributed by atoms with Gasteiger partial charge < -0.3 is 10.1 Å². The van der Waals surface area contributed by atoms with E-state index >= 15 is 0 Å². The molecular formula is C44H36N4O4S2. The number of hydrogen-bond acceptors (Lipinski definition) is 7. The van der Waals surface area contributed by atoms with Gasteiger partial charge in [-0.2, -0.15) is 5.10 Å². The van der Waals surface area contributed by atoms with Crippen LogP contribution in [0.5, 0.6) is 0 Å². The van der Waals surface area contributed by atoms with Crippen molar-refractivity contribution in [1.82, 2.24) is 20.0 Å². The number of β-lactam (4-membered cyclic amide) rings is 1. The smallest absolute Gasteiger partial charge is 0.356 e. The van der Waals surface area contributed by atoms with Gasteiger partial charge in [-0.05, 0) is 27.8 Å². The molecule has 54 heavy (non-hydrogen) atoms. The van der Waals surface area contributed by atoms with Gasteiger partial charge in [0.25, 0.3) is 5.91 Å². The predicted octanol–water partition coefficient (Wildman–Crippen LogP) is 7.53. The molecule has 0 unspecified atom stereocenters. The highest BCUT2D eigenvalue weighted by molar-refractivity contribution is 8.05. The van der Waals surface area contributed by atoms with Gasteiger partial charge in [-0.25, -0.2) is 4.79 Å². The van der Waals surface area contributed by atoms with Crippen LogP contribution in [0.3, 0.4) is 0 Å². The summed E-state index contributed by atoms with van der Waals surface area (Å²) in [6, 6.07) is 49.5. The lowest BCUT2D eigenvalue weighted by Crippen LogP contribution is -2.69. The van der Waals surface area contributed by atoms with E-state index in [9.17, 15) is 14.4 Å². The highest BCUT2D eigenvalue weighted by Gasteiger charge is 2.54. The minimum atomic E-state index is -0.761. The molecule has 1 aromatic heterocycles. The summed E-state index contributed by atoms with van der Waals surface area (Å²) in [7, 11) is 0. The number of thioether (sulfide) groups is 2. The number of esters is 1. The Bertz CT molecular complexity index is 2130. The second-order valence-corrected chi connectivity index (χ2v) is 15.1. The van der Waals surface area contributed by atoms with Crippen molar-refractivity contribution in [2.45, 2.75) is 28.8 Å². The molecule has 0 aliphatic carbocycles. The van der Waals surface area contributed by atoms with Crippen LogP contribution < -0.4 is 5.32 Å². The molecule has 10 heteroatoms. The number of fused-ring (bicyclic) bond motifs is 1. The molecule has 0 radical (unpaired) electrons. The Morgan fingerprint density at radius 3 is 1.81 bits per heavy atom. The third kappa shape index (κ3) is 6.52. The van der Waals surface area contributed by atoms with Gasteiger partial charge >= 0.3 is 5.97 Å². The van der Waals surface area contributed by atoms with Crippen molar-refractivity contribution >= 4 is 41.8 Å². The Hall–Kier alpha value is -5.84. The van der Waals surface area contributed by atoms with Crippen LogP contribution >= 0.6 is 23.5 Å². The molecule has 268 valence electrons. The molecule has 0 saturated carbocycles. The maximum absolute atomic E-state index is 14.4. The van der Waals surface area contributed by atoms with Crippen LogP contribution in [-0.2, 0) is 30.4 Å². The summed E-state index contributed by atoms with van der Waals surface area (Å²) >= 11 is 3.01. The van der Waals surface area contributed by atoms with E-state index in [1.807, 2.05) is 126 Å². The minimum absolute atomic E-state index is 0.217. The Kier molecular flexibility index (Phi) is 10.2. The summed E-state index contributed by atoms with van der Waals surface area (Å²) in [4.78, 5) is 41.5. The van der Waals surface area contributed by atoms with Crippen molar-refractivity contribution in [3.05, 3.63) is 208 Å². The predicted molar refractivity (Wildman–Crippen MR) is 212 cm³/mol. The molecule has 3 heterocycles. The first-order chi connectivity index (χ1) is 26.6. The number of carbonyl (C=O) groups excluding carboxylic acids is 3. The summed E-state index contributed by atoms with van der Waals surface area (Å²) in [6.07, 6.45) is 3.78. The number of nitrogens with one attached hydrogen (secondary N) is 1. The zero-order valence-electron chi connectivity index (χ0n) is 29.1. The van der Waals surface area contributed by atoms with Crippen LogP contribution in [0.1, 0.15) is 39.5 Å². The first kappa shape index (κ1) is 35.2. The average Bonchev–Trinajstić information content (AvgIpc) is 3.72. The summed E-state index contributed by atoms with van der Waals surface area (Å²) < 4.78 is 8.34. The van der Waals surface area contributed by atoms with E-state index in [2.05, 4.69) is 47.9 Å². The fraction of sp³-hybridized carbons (Fsp3) is 0.136. The van der Waals surface area contributed by atoms with Crippen LogP contribution in [0, 0.1) is 0 Å². The number of rotatable bonds is 13. The number of benzene rings is 5. The summed E-state index contributed by atoms with van der Waals surface area (Å²) in [6.45, 7) is 0. The van der Waals surface area contributed by atoms with Gasteiger partial charge in [-0.3, -0.25) is 19.2 Å². The monoisotopic (exact) mass is 748 g/mol. The Morgan fingerprint density at radius 2 is 1.31 bits per heavy atom. The quantitative estimate of drug-likeness (QED) is 0.0565. The fourth-order valence-electron chi connectivity index (χ4n) is 7.26. The molecule has 1 saturated heterocycles. The molecule has 0 bridgehead atoms. The molecule has 8 nitrogen and oxygen atoms in total. The van der Waals surface area contributed by atoms with E-state index in [4.69, 9.17) is 9.84 Å². The van der Waals surface area contributed by atoms with Crippen LogP contribution in [0.2, 0.25) is 0 Å². The van der Waals surface area contributed by atoms with Gasteiger partial charge in [0.15, 0.2) is 6.10 Å². The van der Waals surface area contributed by atoms with Gasteiger partial charge in [-0.1, -0.05) is 152 Å². The SMILES string of the molecule is O=CN[C@@H]1C(=O)N2C(C(=O)OC(c3ccccc3)c3ccccc3)=C(SCc3cnn(C(c4ccccc4)(c4ccccc4)c4ccccc4)c3)CS[C@@H]12. The molecular weight excluding hydrogens is 713 g/mol. The second-order valence-electron chi connectivity index (χ2n) is 12.9. The molecule has 5 aromatic carbocycles. The normalized spacial score (nSPS) is 16.8. The van der Waals surface area contributed by atoms with E-state index in [1.165, 1.54) is 28.4 Å². The average molecular weight is 749 g/mol. The van der Waals surface area contributed by atoms with Gasteiger partial charge in [0, 0.05) is 28.2 Å². The summed E-state index contributed by atoms with van der Waals surface area (Å²) in [5, 5.41) is 7.23. The van der Waals surface area contributed by atoms with Crippen molar-refractivity contribution in [3.63, 3.8) is 0 Å². The van der Waals surface area contributed by atoms with Gasteiger partial charge in [0.2, 0.25) is 6.41 Å². The molecule has 2 amide bonds. The lowest BCUT2D eigenvalue weighted by atomic mass is 9.77. The molecule has 2 aliphatic heterocycles. The first-order valence-electron chi connectivity index (χ1n) is 17.6. The van der Waals surface area contributed by atoms with Crippen LogP contribution in [0.15, 0.2) is 175 Å². The molecule has 2 aliphatic rings. The van der Waals surface area contributed by atoms with E-state index in [0.717, 1.165) is 38.3 Å². The van der Waals surface area contributed by atoms with E-state index in [1.54, 1.807) is 0 Å². The zero-order chi connectivity index (χ0) is 36.9. The van der Waals surface area contributed by atoms with E-state index in [-0.39, 0.29) is 11.6 Å². The standard InChI is InChI=1S/C44H36N4O4S2/c49-30-45-38-41(50)48-39(43(51)52-40(32-16-6-1-7-17-32)33-18-8-2-9-19-33)37(29-54-42(38)48)53-28-31-26-46-47(27-31)44(34-20-10-3-11-21-34,35-22-12-4-13-23-35)36-24-14-5-15-25-36/h1-27,30,38,40,42H,28-29H2,(H,45,49)/t38-,42+/m1/s1. The van der Waals surface area contributed by atoms with Crippen molar-refractivity contribution in [3.8, 4) is 0 Å². The maximum atomic E-state index is 14.4. The van der Waals surface area contributed by atoms with Crippen LogP contribution in [-0.4, -0.2) is 50.1 Å². The third-order valence-electron chi connectivity index (χ3n) is 9.77. The number of amides is 2. The number of nitrogens with zero attached hydrogens (tertiary/aromatic N) is 3. The number of aromatic nitrogens is 2. The van der Waals surface area contributed by atoms with E-state index in [0.29, 0.717) is 17.9 Å². The Balaban J connectivity index is 1.15. The van der Waals surface area contributed by atoms with Crippen molar-refractivity contribution in [2.75, 3.05) is 5.75 Å². The molecule has 8 rings (SSSR count). The molecule has 0 spiro atoms. The van der Waals surface area contributed by atoms with Gasteiger partial charge in [0.1, 0.15) is 22.7 Å². The highest BCUT2D eigenvalue weighted by Crippen LogP contribution is 2.46. The molecule has 2 atom stereocenters. The number of carbonyl (C=O) groups is 3. The summed E-state index contributed by atoms with van der Waals surface area (Å²) in [5.74, 6) is 0.0275. The lowest BCUT2D eigenvalue weighted by molar-refractivity contribution is -0.154. The van der Waals surface area contributed by atoms with Crippen LogP contribution in [0.25, 0.3) is 0 Å². The van der Waals surface area contributed by atoms with Crippen molar-refractivity contribution < 1.29 is 19.1 Å². The highest BCUT2D eigenvalue weighted by atomic mass is 32.2. The van der Waals surface area contributed by atoms with Gasteiger partial charge in [0.05, 0.1) is 6.20 Å². The van der Waals surface area contributed by atoms with Crippen molar-refractivity contribution in [2.24, 2.45) is 0 Å². The van der Waals surface area contributed by atoms with Gasteiger partial charge in [-0.15, -0.1) is 23.5 Å². The zero-order valence-corrected chi connectivity index (χ0v) is 30.7. The Morgan fingerprint density at radius 1 is 0.815 bits per heavy atom. The van der Waals surface area contributed by atoms with E-state index < -0.39 is 29.0 Å². The lowest BCUT2D eigenvalue weighted by Gasteiger charge is -2.49. The minimum Gasteiger partial charge on any atom is -0.448 e. The molecule has 1 N–H and O–H groups in total. The first-order valence-corrected chi connectivity index (χ1v) is 19.6. The third-order valence-corrected chi connectivity index (χ3v) is 12.4. The maximum Gasteiger partial charge on any atom is 0.356 e. The fourth-order valence-corrected chi connectivity index (χ4v) is 9.81. The number of hydrogen-bond donors (Lipinski definition) is 1. The molecule has 1 fully saturated rings. The van der Waals surface area contributed by atoms with Crippen molar-refractivity contribution in [1.29, 1.82) is 0 Å². The molecule has 6 aromatic rings.